The van der Waals surface area contributed by atoms with E-state index in [1.807, 2.05) is 0 Å². The second-order valence-electron chi connectivity index (χ2n) is 5.44. The number of nitrogens with two attached hydrogens (primary N) is 2. The number of ether oxygens (including phenoxy) is 1. The SMILES string of the molecule is Nc1ccc2c(COC(=O)NCCC[C@H](N)C(=O)O)cc(=O)oc2c1. The van der Waals surface area contributed by atoms with E-state index in [0.717, 1.165) is 0 Å². The van der Waals surface area contributed by atoms with E-state index in [1.165, 1.54) is 12.1 Å². The zero-order valence-electron chi connectivity index (χ0n) is 13.4. The van der Waals surface area contributed by atoms with Crippen molar-refractivity contribution in [2.24, 2.45) is 5.73 Å². The minimum Gasteiger partial charge on any atom is -0.480 e. The van der Waals surface area contributed by atoms with Crippen molar-refractivity contribution < 1.29 is 23.8 Å². The molecule has 0 aliphatic rings. The summed E-state index contributed by atoms with van der Waals surface area (Å²) in [4.78, 5) is 33.8. The molecule has 1 heterocycles. The standard InChI is InChI=1S/C16H19N3O6/c17-10-3-4-11-9(6-14(20)25-13(11)7-10)8-24-16(23)19-5-1-2-12(18)15(21)22/h3-4,6-7,12H,1-2,5,8,17-18H2,(H,19,23)(H,21,22)/t12-/m0/s1. The number of amides is 1. The molecule has 9 heteroatoms. The van der Waals surface area contributed by atoms with Gasteiger partial charge in [-0.1, -0.05) is 0 Å². The van der Waals surface area contributed by atoms with E-state index >= 15 is 0 Å². The van der Waals surface area contributed by atoms with E-state index in [1.54, 1.807) is 12.1 Å². The highest BCUT2D eigenvalue weighted by Gasteiger charge is 2.12. The summed E-state index contributed by atoms with van der Waals surface area (Å²) in [6.45, 7) is 0.112. The van der Waals surface area contributed by atoms with Crippen molar-refractivity contribution >= 4 is 28.7 Å². The third-order valence-corrected chi connectivity index (χ3v) is 3.49. The van der Waals surface area contributed by atoms with Gasteiger partial charge in [0, 0.05) is 35.3 Å². The van der Waals surface area contributed by atoms with Crippen LogP contribution in [0.3, 0.4) is 0 Å². The summed E-state index contributed by atoms with van der Waals surface area (Å²) in [5.41, 5.74) is 11.7. The van der Waals surface area contributed by atoms with Crippen LogP contribution in [0.2, 0.25) is 0 Å². The van der Waals surface area contributed by atoms with E-state index in [9.17, 15) is 14.4 Å². The zero-order valence-corrected chi connectivity index (χ0v) is 13.4. The Hall–Kier alpha value is -3.07. The predicted molar refractivity (Wildman–Crippen MR) is 89.9 cm³/mol. The number of alkyl carbamates (subject to hydrolysis) is 1. The van der Waals surface area contributed by atoms with Crippen LogP contribution in [0.1, 0.15) is 18.4 Å². The number of nitrogen functional groups attached to an aromatic ring is 1. The molecule has 0 unspecified atom stereocenters. The molecule has 0 radical (unpaired) electrons. The van der Waals surface area contributed by atoms with Crippen LogP contribution in [0, 0.1) is 0 Å². The molecule has 2 rings (SSSR count). The largest absolute Gasteiger partial charge is 0.480 e. The van der Waals surface area contributed by atoms with Crippen molar-refractivity contribution in [2.75, 3.05) is 12.3 Å². The van der Waals surface area contributed by atoms with E-state index in [-0.39, 0.29) is 19.6 Å². The van der Waals surface area contributed by atoms with Gasteiger partial charge in [-0.05, 0) is 25.0 Å². The molecule has 6 N–H and O–H groups in total. The highest BCUT2D eigenvalue weighted by Crippen LogP contribution is 2.20. The Bertz CT molecular complexity index is 832. The number of hydrogen-bond acceptors (Lipinski definition) is 7. The van der Waals surface area contributed by atoms with E-state index in [4.69, 9.17) is 25.7 Å². The fraction of sp³-hybridized carbons (Fsp3) is 0.312. The molecule has 0 bridgehead atoms. The van der Waals surface area contributed by atoms with Crippen LogP contribution in [0.4, 0.5) is 10.5 Å². The monoisotopic (exact) mass is 349 g/mol. The third-order valence-electron chi connectivity index (χ3n) is 3.49. The lowest BCUT2D eigenvalue weighted by Crippen LogP contribution is -2.32. The van der Waals surface area contributed by atoms with E-state index in [2.05, 4.69) is 5.32 Å². The lowest BCUT2D eigenvalue weighted by Gasteiger charge is -2.09. The molecule has 0 spiro atoms. The van der Waals surface area contributed by atoms with Gasteiger partial charge in [0.25, 0.3) is 0 Å². The average Bonchev–Trinajstić information content (AvgIpc) is 2.55. The van der Waals surface area contributed by atoms with Gasteiger partial charge in [-0.2, -0.15) is 0 Å². The number of anilines is 1. The number of nitrogens with one attached hydrogen (secondary N) is 1. The zero-order chi connectivity index (χ0) is 18.4. The summed E-state index contributed by atoms with van der Waals surface area (Å²) in [5.74, 6) is -1.09. The Kier molecular flexibility index (Phi) is 5.96. The average molecular weight is 349 g/mol. The number of carboxylic acid groups (broad SMARTS) is 1. The number of benzene rings is 1. The summed E-state index contributed by atoms with van der Waals surface area (Å²) in [6, 6.07) is 5.14. The number of hydrogen-bond donors (Lipinski definition) is 4. The minimum atomic E-state index is -1.09. The molecule has 134 valence electrons. The van der Waals surface area contributed by atoms with Crippen LogP contribution >= 0.6 is 0 Å². The van der Waals surface area contributed by atoms with Crippen LogP contribution in [-0.2, 0) is 16.1 Å². The van der Waals surface area contributed by atoms with Gasteiger partial charge in [-0.15, -0.1) is 0 Å². The van der Waals surface area contributed by atoms with Crippen LogP contribution in [0.25, 0.3) is 11.0 Å². The molecule has 9 nitrogen and oxygen atoms in total. The molecule has 0 aliphatic carbocycles. The van der Waals surface area contributed by atoms with Crippen molar-refractivity contribution in [1.82, 2.24) is 5.32 Å². The van der Waals surface area contributed by atoms with E-state index in [0.29, 0.717) is 28.6 Å². The van der Waals surface area contributed by atoms with Crippen molar-refractivity contribution in [2.45, 2.75) is 25.5 Å². The molecule has 1 atom stereocenters. The number of carbonyl (C=O) groups excluding carboxylic acids is 1. The van der Waals surface area contributed by atoms with Gasteiger partial charge in [0.05, 0.1) is 0 Å². The third kappa shape index (κ3) is 5.21. The van der Waals surface area contributed by atoms with Gasteiger partial charge in [-0.25, -0.2) is 9.59 Å². The fourth-order valence-electron chi connectivity index (χ4n) is 2.20. The lowest BCUT2D eigenvalue weighted by atomic mass is 10.1. The Morgan fingerprint density at radius 1 is 1.32 bits per heavy atom. The van der Waals surface area contributed by atoms with Gasteiger partial charge < -0.3 is 31.0 Å². The summed E-state index contributed by atoms with van der Waals surface area (Å²) < 4.78 is 10.1. The predicted octanol–water partition coefficient (Wildman–Crippen LogP) is 0.794. The van der Waals surface area contributed by atoms with Crippen molar-refractivity contribution in [3.05, 3.63) is 40.2 Å². The van der Waals surface area contributed by atoms with Crippen molar-refractivity contribution in [3.63, 3.8) is 0 Å². The maximum atomic E-state index is 11.7. The highest BCUT2D eigenvalue weighted by molar-refractivity contribution is 5.83. The molecule has 0 fully saturated rings. The first-order valence-corrected chi connectivity index (χ1v) is 7.58. The Morgan fingerprint density at radius 2 is 2.08 bits per heavy atom. The normalized spacial score (nSPS) is 11.9. The van der Waals surface area contributed by atoms with Crippen molar-refractivity contribution in [1.29, 1.82) is 0 Å². The molecule has 0 saturated heterocycles. The minimum absolute atomic E-state index is 0.119. The Balaban J connectivity index is 1.89. The maximum absolute atomic E-state index is 11.7. The fourth-order valence-corrected chi connectivity index (χ4v) is 2.20. The molecule has 0 saturated carbocycles. The second-order valence-corrected chi connectivity index (χ2v) is 5.44. The molecular formula is C16H19N3O6. The van der Waals surface area contributed by atoms with Gasteiger partial charge in [-0.3, -0.25) is 4.79 Å². The van der Waals surface area contributed by atoms with Gasteiger partial charge >= 0.3 is 17.7 Å². The van der Waals surface area contributed by atoms with Crippen LogP contribution in [-0.4, -0.2) is 29.8 Å². The number of rotatable bonds is 7. The summed E-state index contributed by atoms with van der Waals surface area (Å²) in [5, 5.41) is 11.8. The summed E-state index contributed by atoms with van der Waals surface area (Å²) >= 11 is 0. The van der Waals surface area contributed by atoms with Gasteiger partial charge in [0.1, 0.15) is 18.2 Å². The number of fused-ring (bicyclic) bond motifs is 1. The molecule has 1 aromatic heterocycles. The van der Waals surface area contributed by atoms with Gasteiger partial charge in [0.15, 0.2) is 0 Å². The smallest absolute Gasteiger partial charge is 0.407 e. The molecule has 1 aromatic carbocycles. The van der Waals surface area contributed by atoms with Gasteiger partial charge in [0.2, 0.25) is 0 Å². The molecule has 0 aliphatic heterocycles. The first-order chi connectivity index (χ1) is 11.9. The van der Waals surface area contributed by atoms with Crippen LogP contribution < -0.4 is 22.4 Å². The number of carboxylic acids is 1. The summed E-state index contributed by atoms with van der Waals surface area (Å²) in [7, 11) is 0. The quantitative estimate of drug-likeness (QED) is 0.324. The van der Waals surface area contributed by atoms with Crippen molar-refractivity contribution in [3.8, 4) is 0 Å². The summed E-state index contributed by atoms with van der Waals surface area (Å²) in [6.07, 6.45) is -0.0399. The first kappa shape index (κ1) is 18.3. The molecule has 25 heavy (non-hydrogen) atoms. The Morgan fingerprint density at radius 3 is 2.80 bits per heavy atom. The molecule has 2 aromatic rings. The lowest BCUT2D eigenvalue weighted by molar-refractivity contribution is -0.138. The molecular weight excluding hydrogens is 330 g/mol. The van der Waals surface area contributed by atoms with Crippen LogP contribution in [0.5, 0.6) is 0 Å². The molecule has 1 amide bonds. The Labute approximate surface area is 142 Å². The van der Waals surface area contributed by atoms with Crippen LogP contribution in [0.15, 0.2) is 33.5 Å². The van der Waals surface area contributed by atoms with E-state index < -0.39 is 23.7 Å². The highest BCUT2D eigenvalue weighted by atomic mass is 16.5. The number of carbonyl (C=O) groups is 2. The number of aliphatic carboxylic acids is 1. The topological polar surface area (TPSA) is 158 Å². The maximum Gasteiger partial charge on any atom is 0.407 e. The first-order valence-electron chi connectivity index (χ1n) is 7.58. The second kappa shape index (κ2) is 8.15.